The van der Waals surface area contributed by atoms with Crippen LogP contribution in [-0.4, -0.2) is 26.0 Å². The van der Waals surface area contributed by atoms with E-state index >= 15 is 0 Å². The van der Waals surface area contributed by atoms with Gasteiger partial charge in [-0.05, 0) is 12.8 Å². The fourth-order valence-corrected chi connectivity index (χ4v) is 1.06. The number of unbranched alkanes of at least 4 members (excludes halogenated alkanes) is 1. The fourth-order valence-electron chi connectivity index (χ4n) is 0.666. The third-order valence-electron chi connectivity index (χ3n) is 1.17. The number of aromatic amines is 1. The van der Waals surface area contributed by atoms with Crippen LogP contribution in [0.4, 0.5) is 0 Å². The lowest BCUT2D eigenvalue weighted by Gasteiger charge is -1.89. The van der Waals surface area contributed by atoms with Gasteiger partial charge in [-0.15, -0.1) is 10.2 Å². The second-order valence-electron chi connectivity index (χ2n) is 1.97. The van der Waals surface area contributed by atoms with E-state index < -0.39 is 0 Å². The lowest BCUT2D eigenvalue weighted by Crippen LogP contribution is -1.88. The first-order chi connectivity index (χ1) is 4.93. The Balaban J connectivity index is 2.15. The van der Waals surface area contributed by atoms with E-state index in [1.807, 2.05) is 0 Å². The molecule has 0 saturated heterocycles. The molecule has 10 heavy (non-hydrogen) atoms. The van der Waals surface area contributed by atoms with E-state index in [2.05, 4.69) is 36.6 Å². The van der Waals surface area contributed by atoms with Gasteiger partial charge in [-0.2, -0.15) is 5.21 Å². The molecule has 0 spiro atoms. The standard InChI is InChI=1S/C5H9BrN4/c6-4-2-1-3-5-7-9-10-8-5/h1-4H2,(H,7,8,9,10). The normalized spacial score (nSPS) is 10.1. The van der Waals surface area contributed by atoms with E-state index in [4.69, 9.17) is 0 Å². The number of halogens is 1. The van der Waals surface area contributed by atoms with Gasteiger partial charge in [0.2, 0.25) is 0 Å². The predicted octanol–water partition coefficient (Wildman–Crippen LogP) is 0.917. The van der Waals surface area contributed by atoms with E-state index in [9.17, 15) is 0 Å². The highest BCUT2D eigenvalue weighted by atomic mass is 79.9. The van der Waals surface area contributed by atoms with Crippen molar-refractivity contribution in [1.82, 2.24) is 20.6 Å². The molecule has 1 aromatic heterocycles. The van der Waals surface area contributed by atoms with Gasteiger partial charge in [0.15, 0.2) is 5.82 Å². The molecule has 0 aliphatic rings. The Kier molecular flexibility index (Phi) is 3.35. The lowest BCUT2D eigenvalue weighted by atomic mass is 10.2. The third-order valence-corrected chi connectivity index (χ3v) is 1.73. The summed E-state index contributed by atoms with van der Waals surface area (Å²) in [6.45, 7) is 0. The minimum atomic E-state index is 0.806. The van der Waals surface area contributed by atoms with Crippen molar-refractivity contribution in [2.24, 2.45) is 0 Å². The van der Waals surface area contributed by atoms with Crippen molar-refractivity contribution in [1.29, 1.82) is 0 Å². The van der Waals surface area contributed by atoms with Crippen molar-refractivity contribution in [3.8, 4) is 0 Å². The predicted molar refractivity (Wildman–Crippen MR) is 40.9 cm³/mol. The summed E-state index contributed by atoms with van der Waals surface area (Å²) >= 11 is 3.35. The van der Waals surface area contributed by atoms with Gasteiger partial charge in [0.1, 0.15) is 0 Å². The summed E-state index contributed by atoms with van der Waals surface area (Å²) in [6.07, 6.45) is 3.20. The summed E-state index contributed by atoms with van der Waals surface area (Å²) in [6, 6.07) is 0. The van der Waals surface area contributed by atoms with Crippen LogP contribution in [0.1, 0.15) is 18.7 Å². The highest BCUT2D eigenvalue weighted by Crippen LogP contribution is 1.98. The number of aryl methyl sites for hydroxylation is 1. The van der Waals surface area contributed by atoms with Crippen molar-refractivity contribution in [2.75, 3.05) is 5.33 Å². The van der Waals surface area contributed by atoms with E-state index in [0.717, 1.165) is 30.4 Å². The number of alkyl halides is 1. The summed E-state index contributed by atoms with van der Waals surface area (Å²) in [5, 5.41) is 14.6. The van der Waals surface area contributed by atoms with Crippen molar-refractivity contribution in [3.05, 3.63) is 5.82 Å². The topological polar surface area (TPSA) is 54.5 Å². The van der Waals surface area contributed by atoms with Gasteiger partial charge in [-0.1, -0.05) is 21.1 Å². The van der Waals surface area contributed by atoms with Crippen LogP contribution < -0.4 is 0 Å². The molecule has 0 aliphatic heterocycles. The number of nitrogens with one attached hydrogen (secondary N) is 1. The SMILES string of the molecule is BrCCCCc1nn[nH]n1. The molecule has 1 N–H and O–H groups in total. The molecule has 0 aliphatic carbocycles. The van der Waals surface area contributed by atoms with Gasteiger partial charge in [0.05, 0.1) is 0 Å². The summed E-state index contributed by atoms with van der Waals surface area (Å²) in [5.41, 5.74) is 0. The number of hydrogen-bond donors (Lipinski definition) is 1. The van der Waals surface area contributed by atoms with Gasteiger partial charge >= 0.3 is 0 Å². The van der Waals surface area contributed by atoms with Crippen LogP contribution in [0.25, 0.3) is 0 Å². The maximum atomic E-state index is 3.83. The number of aromatic nitrogens is 4. The molecule has 4 nitrogen and oxygen atoms in total. The molecule has 0 amide bonds. The van der Waals surface area contributed by atoms with Crippen LogP contribution in [0, 0.1) is 0 Å². The molecule has 1 aromatic rings. The first kappa shape index (κ1) is 7.65. The van der Waals surface area contributed by atoms with Crippen LogP contribution in [0.3, 0.4) is 0 Å². The van der Waals surface area contributed by atoms with Crippen molar-refractivity contribution < 1.29 is 0 Å². The Bertz CT molecular complexity index is 162. The average molecular weight is 205 g/mol. The quantitative estimate of drug-likeness (QED) is 0.587. The number of tetrazole rings is 1. The number of nitrogens with zero attached hydrogens (tertiary/aromatic N) is 3. The zero-order valence-corrected chi connectivity index (χ0v) is 7.13. The van der Waals surface area contributed by atoms with E-state index in [0.29, 0.717) is 0 Å². The molecule has 0 unspecified atom stereocenters. The maximum absolute atomic E-state index is 3.83. The summed E-state index contributed by atoms with van der Waals surface area (Å²) in [5.74, 6) is 0.806. The second-order valence-corrected chi connectivity index (χ2v) is 2.77. The fraction of sp³-hybridized carbons (Fsp3) is 0.800. The van der Waals surface area contributed by atoms with Gasteiger partial charge in [-0.3, -0.25) is 0 Å². The Morgan fingerprint density at radius 2 is 2.30 bits per heavy atom. The van der Waals surface area contributed by atoms with E-state index in [1.54, 1.807) is 0 Å². The molecule has 0 aromatic carbocycles. The Labute approximate surface area is 67.5 Å². The third kappa shape index (κ3) is 2.43. The summed E-state index contributed by atoms with van der Waals surface area (Å²) in [7, 11) is 0. The Morgan fingerprint density at radius 1 is 1.40 bits per heavy atom. The highest BCUT2D eigenvalue weighted by molar-refractivity contribution is 9.09. The molecule has 56 valence electrons. The highest BCUT2D eigenvalue weighted by Gasteiger charge is 1.95. The van der Waals surface area contributed by atoms with Crippen LogP contribution in [0.2, 0.25) is 0 Å². The van der Waals surface area contributed by atoms with Crippen molar-refractivity contribution in [3.63, 3.8) is 0 Å². The van der Waals surface area contributed by atoms with Crippen molar-refractivity contribution >= 4 is 15.9 Å². The monoisotopic (exact) mass is 204 g/mol. The molecule has 0 atom stereocenters. The first-order valence-corrected chi connectivity index (χ1v) is 4.34. The second kappa shape index (κ2) is 4.38. The Morgan fingerprint density at radius 3 is 2.90 bits per heavy atom. The molecule has 0 radical (unpaired) electrons. The minimum absolute atomic E-state index is 0.806. The molecular weight excluding hydrogens is 196 g/mol. The lowest BCUT2D eigenvalue weighted by molar-refractivity contribution is 0.762. The maximum Gasteiger partial charge on any atom is 0.174 e. The summed E-state index contributed by atoms with van der Waals surface area (Å²) < 4.78 is 0. The minimum Gasteiger partial charge on any atom is -0.177 e. The van der Waals surface area contributed by atoms with Gasteiger partial charge in [0.25, 0.3) is 0 Å². The smallest absolute Gasteiger partial charge is 0.174 e. The molecule has 1 heterocycles. The molecule has 0 fully saturated rings. The molecule has 1 rings (SSSR count). The average Bonchev–Trinajstić information content (AvgIpc) is 2.41. The van der Waals surface area contributed by atoms with Gasteiger partial charge in [-0.25, -0.2) is 0 Å². The zero-order valence-electron chi connectivity index (χ0n) is 5.55. The molecular formula is C5H9BrN4. The van der Waals surface area contributed by atoms with Gasteiger partial charge in [0, 0.05) is 11.8 Å². The van der Waals surface area contributed by atoms with E-state index in [-0.39, 0.29) is 0 Å². The van der Waals surface area contributed by atoms with Crippen LogP contribution in [0.5, 0.6) is 0 Å². The van der Waals surface area contributed by atoms with Gasteiger partial charge < -0.3 is 0 Å². The van der Waals surface area contributed by atoms with Crippen LogP contribution >= 0.6 is 15.9 Å². The number of H-pyrrole nitrogens is 1. The first-order valence-electron chi connectivity index (χ1n) is 3.22. The molecule has 0 saturated carbocycles. The van der Waals surface area contributed by atoms with Crippen molar-refractivity contribution in [2.45, 2.75) is 19.3 Å². The number of rotatable bonds is 4. The Hall–Kier alpha value is -0.450. The van der Waals surface area contributed by atoms with Crippen LogP contribution in [0.15, 0.2) is 0 Å². The molecule has 0 bridgehead atoms. The largest absolute Gasteiger partial charge is 0.177 e. The zero-order chi connectivity index (χ0) is 7.23. The van der Waals surface area contributed by atoms with Crippen LogP contribution in [-0.2, 0) is 6.42 Å². The summed E-state index contributed by atoms with van der Waals surface area (Å²) in [4.78, 5) is 0. The van der Waals surface area contributed by atoms with E-state index in [1.165, 1.54) is 0 Å². The number of hydrogen-bond acceptors (Lipinski definition) is 3. The molecule has 5 heteroatoms.